The van der Waals surface area contributed by atoms with Gasteiger partial charge in [0.2, 0.25) is 5.91 Å². The summed E-state index contributed by atoms with van der Waals surface area (Å²) < 4.78 is 0. The van der Waals surface area contributed by atoms with Crippen LogP contribution in [0, 0.1) is 11.8 Å². The van der Waals surface area contributed by atoms with Gasteiger partial charge >= 0.3 is 5.97 Å². The summed E-state index contributed by atoms with van der Waals surface area (Å²) in [5.41, 5.74) is -0.598. The summed E-state index contributed by atoms with van der Waals surface area (Å²) >= 11 is 0. The van der Waals surface area contributed by atoms with Crippen LogP contribution in [0.3, 0.4) is 0 Å². The Morgan fingerprint density at radius 1 is 1.17 bits per heavy atom. The fourth-order valence-electron chi connectivity index (χ4n) is 1.89. The molecule has 0 rings (SSSR count). The van der Waals surface area contributed by atoms with Crippen molar-refractivity contribution < 1.29 is 14.7 Å². The molecule has 0 spiro atoms. The molecule has 0 aromatic rings. The van der Waals surface area contributed by atoms with Gasteiger partial charge < -0.3 is 10.4 Å². The Hall–Kier alpha value is -1.06. The third kappa shape index (κ3) is 5.52. The molecule has 106 valence electrons. The van der Waals surface area contributed by atoms with Gasteiger partial charge in [0.15, 0.2) is 0 Å². The second-order valence-electron chi connectivity index (χ2n) is 5.53. The predicted octanol–water partition coefficient (Wildman–Crippen LogP) is 2.82. The zero-order chi connectivity index (χ0) is 14.3. The lowest BCUT2D eigenvalue weighted by Gasteiger charge is -2.32. The van der Waals surface area contributed by atoms with E-state index < -0.39 is 11.5 Å². The average Bonchev–Trinajstić information content (AvgIpc) is 2.26. The molecule has 0 fully saturated rings. The van der Waals surface area contributed by atoms with Crippen LogP contribution in [-0.4, -0.2) is 22.5 Å². The minimum atomic E-state index is -0.865. The van der Waals surface area contributed by atoms with Gasteiger partial charge in [-0.2, -0.15) is 0 Å². The molecule has 18 heavy (non-hydrogen) atoms. The van der Waals surface area contributed by atoms with Crippen molar-refractivity contribution in [1.29, 1.82) is 0 Å². The molecule has 0 aliphatic heterocycles. The molecule has 0 aliphatic rings. The summed E-state index contributed by atoms with van der Waals surface area (Å²) in [5.74, 6) is -0.147. The monoisotopic (exact) mass is 257 g/mol. The molecule has 0 aromatic heterocycles. The molecule has 1 amide bonds. The molecule has 0 aliphatic carbocycles. The van der Waals surface area contributed by atoms with Crippen LogP contribution in [0.25, 0.3) is 0 Å². The summed E-state index contributed by atoms with van der Waals surface area (Å²) in [7, 11) is 0. The summed E-state index contributed by atoms with van der Waals surface area (Å²) in [6.45, 7) is 10.0. The van der Waals surface area contributed by atoms with Crippen LogP contribution in [0.1, 0.15) is 60.3 Å². The van der Waals surface area contributed by atoms with Gasteiger partial charge in [0, 0.05) is 12.0 Å². The Morgan fingerprint density at radius 2 is 1.67 bits per heavy atom. The van der Waals surface area contributed by atoms with Gasteiger partial charge in [-0.3, -0.25) is 9.59 Å². The Labute approximate surface area is 110 Å². The van der Waals surface area contributed by atoms with Crippen molar-refractivity contribution in [3.63, 3.8) is 0 Å². The standard InChI is InChI=1S/C14H27NO3/c1-6-14(7-2,9-13(17)18)15-12(16)8-11(5)10(3)4/h10-11H,6-9H2,1-5H3,(H,15,16)(H,17,18). The quantitative estimate of drug-likeness (QED) is 0.702. The van der Waals surface area contributed by atoms with E-state index in [1.165, 1.54) is 0 Å². The highest BCUT2D eigenvalue weighted by atomic mass is 16.4. The van der Waals surface area contributed by atoms with Crippen molar-refractivity contribution >= 4 is 11.9 Å². The molecule has 4 heteroatoms. The zero-order valence-corrected chi connectivity index (χ0v) is 12.2. The lowest BCUT2D eigenvalue weighted by molar-refractivity contribution is -0.139. The molecule has 0 aromatic carbocycles. The largest absolute Gasteiger partial charge is 0.481 e. The molecule has 0 radical (unpaired) electrons. The normalized spacial score (nSPS) is 13.4. The van der Waals surface area contributed by atoms with Crippen LogP contribution in [0.5, 0.6) is 0 Å². The van der Waals surface area contributed by atoms with Crippen LogP contribution < -0.4 is 5.32 Å². The number of carbonyl (C=O) groups is 2. The van der Waals surface area contributed by atoms with Crippen LogP contribution in [-0.2, 0) is 9.59 Å². The van der Waals surface area contributed by atoms with Gasteiger partial charge in [0.05, 0.1) is 6.42 Å². The van der Waals surface area contributed by atoms with Crippen molar-refractivity contribution in [3.8, 4) is 0 Å². The van der Waals surface area contributed by atoms with Gasteiger partial charge in [0.25, 0.3) is 0 Å². The number of hydrogen-bond donors (Lipinski definition) is 2. The SMILES string of the molecule is CCC(CC)(CC(=O)O)NC(=O)CC(C)C(C)C. The minimum absolute atomic E-state index is 0.0121. The van der Waals surface area contributed by atoms with E-state index in [9.17, 15) is 9.59 Å². The summed E-state index contributed by atoms with van der Waals surface area (Å²) in [4.78, 5) is 22.9. The summed E-state index contributed by atoms with van der Waals surface area (Å²) in [6.07, 6.45) is 1.72. The first-order valence-electron chi connectivity index (χ1n) is 6.79. The molecule has 4 nitrogen and oxygen atoms in total. The molecule has 1 unspecified atom stereocenters. The lowest BCUT2D eigenvalue weighted by atomic mass is 9.87. The van der Waals surface area contributed by atoms with Crippen molar-refractivity contribution in [2.75, 3.05) is 0 Å². The number of amides is 1. The van der Waals surface area contributed by atoms with Crippen LogP contribution in [0.4, 0.5) is 0 Å². The fourth-order valence-corrected chi connectivity index (χ4v) is 1.89. The number of hydrogen-bond acceptors (Lipinski definition) is 2. The minimum Gasteiger partial charge on any atom is -0.481 e. The predicted molar refractivity (Wildman–Crippen MR) is 72.3 cm³/mol. The Kier molecular flexibility index (Phi) is 6.96. The summed E-state index contributed by atoms with van der Waals surface area (Å²) in [6, 6.07) is 0. The van der Waals surface area contributed by atoms with E-state index in [4.69, 9.17) is 5.11 Å². The van der Waals surface area contributed by atoms with E-state index in [0.717, 1.165) is 0 Å². The van der Waals surface area contributed by atoms with Crippen molar-refractivity contribution in [1.82, 2.24) is 5.32 Å². The van der Waals surface area contributed by atoms with Crippen molar-refractivity contribution in [2.45, 2.75) is 65.8 Å². The molecular formula is C14H27NO3. The van der Waals surface area contributed by atoms with E-state index in [1.807, 2.05) is 20.8 Å². The first-order valence-corrected chi connectivity index (χ1v) is 6.79. The summed E-state index contributed by atoms with van der Waals surface area (Å²) in [5, 5.41) is 11.9. The topological polar surface area (TPSA) is 66.4 Å². The Bertz CT molecular complexity index is 283. The average molecular weight is 257 g/mol. The van der Waals surface area contributed by atoms with Gasteiger partial charge in [-0.25, -0.2) is 0 Å². The third-order valence-corrected chi connectivity index (χ3v) is 3.89. The van der Waals surface area contributed by atoms with E-state index in [1.54, 1.807) is 0 Å². The molecule has 0 saturated heterocycles. The molecule has 1 atom stereocenters. The van der Waals surface area contributed by atoms with Crippen LogP contribution in [0.2, 0.25) is 0 Å². The van der Waals surface area contributed by atoms with Gasteiger partial charge in [-0.1, -0.05) is 34.6 Å². The van der Waals surface area contributed by atoms with Gasteiger partial charge in [-0.05, 0) is 24.7 Å². The van der Waals surface area contributed by atoms with Crippen molar-refractivity contribution in [3.05, 3.63) is 0 Å². The molecule has 0 bridgehead atoms. The fraction of sp³-hybridized carbons (Fsp3) is 0.857. The number of carbonyl (C=O) groups excluding carboxylic acids is 1. The zero-order valence-electron chi connectivity index (χ0n) is 12.2. The number of nitrogens with one attached hydrogen (secondary N) is 1. The maximum atomic E-state index is 12.0. The Morgan fingerprint density at radius 3 is 2.00 bits per heavy atom. The highest BCUT2D eigenvalue weighted by molar-refractivity contribution is 5.78. The second kappa shape index (κ2) is 7.39. The lowest BCUT2D eigenvalue weighted by Crippen LogP contribution is -2.49. The third-order valence-electron chi connectivity index (χ3n) is 3.89. The number of aliphatic carboxylic acids is 1. The van der Waals surface area contributed by atoms with E-state index in [0.29, 0.717) is 31.1 Å². The molecule has 2 N–H and O–H groups in total. The first-order chi connectivity index (χ1) is 8.26. The smallest absolute Gasteiger partial charge is 0.305 e. The maximum Gasteiger partial charge on any atom is 0.305 e. The number of rotatable bonds is 8. The molecular weight excluding hydrogens is 230 g/mol. The number of carboxylic acid groups (broad SMARTS) is 1. The van der Waals surface area contributed by atoms with Crippen molar-refractivity contribution in [2.24, 2.45) is 11.8 Å². The highest BCUT2D eigenvalue weighted by Gasteiger charge is 2.31. The molecule has 0 heterocycles. The highest BCUT2D eigenvalue weighted by Crippen LogP contribution is 2.21. The van der Waals surface area contributed by atoms with E-state index in [2.05, 4.69) is 19.2 Å². The van der Waals surface area contributed by atoms with Crippen LogP contribution >= 0.6 is 0 Å². The van der Waals surface area contributed by atoms with Crippen LogP contribution in [0.15, 0.2) is 0 Å². The molecule has 0 saturated carbocycles. The second-order valence-corrected chi connectivity index (χ2v) is 5.53. The Balaban J connectivity index is 4.58. The van der Waals surface area contributed by atoms with E-state index in [-0.39, 0.29) is 12.3 Å². The van der Waals surface area contributed by atoms with E-state index >= 15 is 0 Å². The van der Waals surface area contributed by atoms with Gasteiger partial charge in [0.1, 0.15) is 0 Å². The first kappa shape index (κ1) is 16.9. The number of carboxylic acids is 1. The van der Waals surface area contributed by atoms with Gasteiger partial charge in [-0.15, -0.1) is 0 Å². The maximum absolute atomic E-state index is 12.0.